The molecule has 1 aromatic rings. The number of rotatable bonds is 3. The first-order valence-corrected chi connectivity index (χ1v) is 4.70. The summed E-state index contributed by atoms with van der Waals surface area (Å²) < 4.78 is 6.01. The fraction of sp³-hybridized carbons (Fsp3) is 0.200. The predicted molar refractivity (Wildman–Crippen MR) is 57.8 cm³/mol. The average Bonchev–Trinajstić information content (AvgIpc) is 2.16. The summed E-state index contributed by atoms with van der Waals surface area (Å²) in [5, 5.41) is 0. The Labute approximate surface area is 86.5 Å². The molecule has 0 aromatic heterocycles. The van der Waals surface area contributed by atoms with Crippen molar-refractivity contribution in [2.24, 2.45) is 5.73 Å². The Hall–Kier alpha value is -0.800. The molecule has 2 N–H and O–H groups in total. The Morgan fingerprint density at radius 1 is 1.62 bits per heavy atom. The minimum Gasteiger partial charge on any atom is -0.496 e. The first-order valence-electron chi connectivity index (χ1n) is 3.90. The van der Waals surface area contributed by atoms with Gasteiger partial charge in [0, 0.05) is 6.04 Å². The van der Waals surface area contributed by atoms with Crippen LogP contribution in [0.15, 0.2) is 35.3 Å². The Morgan fingerprint density at radius 3 is 2.77 bits per heavy atom. The number of ether oxygens (including phenoxy) is 1. The summed E-state index contributed by atoms with van der Waals surface area (Å²) in [4.78, 5) is 0. The fourth-order valence-corrected chi connectivity index (χ4v) is 1.58. The van der Waals surface area contributed by atoms with E-state index in [1.165, 1.54) is 0 Å². The van der Waals surface area contributed by atoms with Crippen LogP contribution in [0.5, 0.6) is 5.75 Å². The zero-order chi connectivity index (χ0) is 9.84. The molecule has 0 saturated carbocycles. The molecule has 0 heterocycles. The van der Waals surface area contributed by atoms with Crippen molar-refractivity contribution >= 4 is 15.9 Å². The summed E-state index contributed by atoms with van der Waals surface area (Å²) in [6.45, 7) is 3.64. The Morgan fingerprint density at radius 2 is 2.31 bits per heavy atom. The molecule has 0 aliphatic heterocycles. The first-order chi connectivity index (χ1) is 6.19. The topological polar surface area (TPSA) is 35.2 Å². The van der Waals surface area contributed by atoms with Gasteiger partial charge in [-0.05, 0) is 33.6 Å². The van der Waals surface area contributed by atoms with E-state index in [1.54, 1.807) is 13.2 Å². The van der Waals surface area contributed by atoms with Crippen LogP contribution in [0.4, 0.5) is 0 Å². The lowest BCUT2D eigenvalue weighted by Crippen LogP contribution is -2.06. The molecular weight excluding hydrogens is 230 g/mol. The molecular formula is C10H12BrNO. The summed E-state index contributed by atoms with van der Waals surface area (Å²) in [6.07, 6.45) is 1.70. The van der Waals surface area contributed by atoms with E-state index in [2.05, 4.69) is 22.5 Å². The number of hydrogen-bond acceptors (Lipinski definition) is 2. The van der Waals surface area contributed by atoms with Gasteiger partial charge in [-0.25, -0.2) is 0 Å². The summed E-state index contributed by atoms with van der Waals surface area (Å²) in [5.41, 5.74) is 6.79. The van der Waals surface area contributed by atoms with Crippen LogP contribution in [0, 0.1) is 0 Å². The van der Waals surface area contributed by atoms with E-state index in [-0.39, 0.29) is 6.04 Å². The normalized spacial score (nSPS) is 12.2. The van der Waals surface area contributed by atoms with Gasteiger partial charge in [0.05, 0.1) is 11.6 Å². The van der Waals surface area contributed by atoms with E-state index in [1.807, 2.05) is 18.2 Å². The molecule has 0 aliphatic carbocycles. The van der Waals surface area contributed by atoms with Crippen LogP contribution in [0.3, 0.4) is 0 Å². The highest BCUT2D eigenvalue weighted by atomic mass is 79.9. The van der Waals surface area contributed by atoms with E-state index in [4.69, 9.17) is 10.5 Å². The second-order valence-corrected chi connectivity index (χ2v) is 3.51. The van der Waals surface area contributed by atoms with Crippen molar-refractivity contribution in [3.8, 4) is 5.75 Å². The number of nitrogens with two attached hydrogens (primary N) is 1. The zero-order valence-corrected chi connectivity index (χ0v) is 9.04. The molecule has 70 valence electrons. The molecule has 0 radical (unpaired) electrons. The molecule has 0 fully saturated rings. The van der Waals surface area contributed by atoms with Crippen molar-refractivity contribution in [2.75, 3.05) is 7.11 Å². The Kier molecular flexibility index (Phi) is 3.51. The van der Waals surface area contributed by atoms with Crippen molar-refractivity contribution in [1.29, 1.82) is 0 Å². The number of hydrogen-bond donors (Lipinski definition) is 1. The maximum absolute atomic E-state index is 5.77. The van der Waals surface area contributed by atoms with Crippen LogP contribution in [-0.2, 0) is 0 Å². The van der Waals surface area contributed by atoms with E-state index in [0.29, 0.717) is 0 Å². The van der Waals surface area contributed by atoms with Gasteiger partial charge in [-0.3, -0.25) is 0 Å². The van der Waals surface area contributed by atoms with Crippen LogP contribution in [0.2, 0.25) is 0 Å². The standard InChI is InChI=1S/C10H12BrNO/c1-3-9(12)7-4-5-10(13-2)8(11)6-7/h3-6,9H,1,12H2,2H3. The summed E-state index contributed by atoms with van der Waals surface area (Å²) in [5.74, 6) is 0.806. The Bertz CT molecular complexity index is 312. The molecule has 1 aromatic carbocycles. The molecule has 0 amide bonds. The third kappa shape index (κ3) is 2.32. The highest BCUT2D eigenvalue weighted by molar-refractivity contribution is 9.10. The molecule has 0 aliphatic rings. The van der Waals surface area contributed by atoms with Crippen molar-refractivity contribution in [1.82, 2.24) is 0 Å². The quantitative estimate of drug-likeness (QED) is 0.827. The third-order valence-corrected chi connectivity index (χ3v) is 2.43. The maximum Gasteiger partial charge on any atom is 0.133 e. The average molecular weight is 242 g/mol. The number of benzene rings is 1. The minimum atomic E-state index is -0.123. The van der Waals surface area contributed by atoms with Crippen LogP contribution in [0.25, 0.3) is 0 Å². The molecule has 13 heavy (non-hydrogen) atoms. The molecule has 1 rings (SSSR count). The van der Waals surface area contributed by atoms with E-state index >= 15 is 0 Å². The highest BCUT2D eigenvalue weighted by Crippen LogP contribution is 2.27. The van der Waals surface area contributed by atoms with Crippen LogP contribution in [-0.4, -0.2) is 7.11 Å². The smallest absolute Gasteiger partial charge is 0.133 e. The first kappa shape index (κ1) is 10.3. The third-order valence-electron chi connectivity index (χ3n) is 1.81. The molecule has 2 nitrogen and oxygen atoms in total. The fourth-order valence-electron chi connectivity index (χ4n) is 1.03. The van der Waals surface area contributed by atoms with Crippen molar-refractivity contribution < 1.29 is 4.74 Å². The minimum absolute atomic E-state index is 0.123. The molecule has 0 spiro atoms. The Balaban J connectivity index is 3.02. The lowest BCUT2D eigenvalue weighted by molar-refractivity contribution is 0.412. The predicted octanol–water partition coefficient (Wildman–Crippen LogP) is 2.64. The van der Waals surface area contributed by atoms with Crippen molar-refractivity contribution in [2.45, 2.75) is 6.04 Å². The van der Waals surface area contributed by atoms with Crippen molar-refractivity contribution in [3.63, 3.8) is 0 Å². The number of halogens is 1. The van der Waals surface area contributed by atoms with Crippen LogP contribution in [0.1, 0.15) is 11.6 Å². The monoisotopic (exact) mass is 241 g/mol. The maximum atomic E-state index is 5.77. The summed E-state index contributed by atoms with van der Waals surface area (Å²) in [7, 11) is 1.63. The number of methoxy groups -OCH3 is 1. The largest absolute Gasteiger partial charge is 0.496 e. The van der Waals surface area contributed by atoms with Gasteiger partial charge in [0.1, 0.15) is 5.75 Å². The molecule has 1 atom stereocenters. The lowest BCUT2D eigenvalue weighted by Gasteiger charge is -2.09. The molecule has 0 bridgehead atoms. The second kappa shape index (κ2) is 4.44. The highest BCUT2D eigenvalue weighted by Gasteiger charge is 2.04. The van der Waals surface area contributed by atoms with Crippen LogP contribution >= 0.6 is 15.9 Å². The van der Waals surface area contributed by atoms with Crippen LogP contribution < -0.4 is 10.5 Å². The van der Waals surface area contributed by atoms with E-state index in [9.17, 15) is 0 Å². The van der Waals surface area contributed by atoms with Crippen molar-refractivity contribution in [3.05, 3.63) is 40.9 Å². The van der Waals surface area contributed by atoms with E-state index in [0.717, 1.165) is 15.8 Å². The molecule has 3 heteroatoms. The zero-order valence-electron chi connectivity index (χ0n) is 7.46. The van der Waals surface area contributed by atoms with Gasteiger partial charge in [0.25, 0.3) is 0 Å². The van der Waals surface area contributed by atoms with Gasteiger partial charge in [0.2, 0.25) is 0 Å². The SMILES string of the molecule is C=CC(N)c1ccc(OC)c(Br)c1. The van der Waals surface area contributed by atoms with Gasteiger partial charge < -0.3 is 10.5 Å². The van der Waals surface area contributed by atoms with E-state index < -0.39 is 0 Å². The lowest BCUT2D eigenvalue weighted by atomic mass is 10.1. The van der Waals surface area contributed by atoms with Gasteiger partial charge in [0.15, 0.2) is 0 Å². The molecule has 0 saturated heterocycles. The van der Waals surface area contributed by atoms with Gasteiger partial charge in [-0.15, -0.1) is 6.58 Å². The van der Waals surface area contributed by atoms with Gasteiger partial charge >= 0.3 is 0 Å². The van der Waals surface area contributed by atoms with Gasteiger partial charge in [-0.2, -0.15) is 0 Å². The molecule has 1 unspecified atom stereocenters. The summed E-state index contributed by atoms with van der Waals surface area (Å²) in [6, 6.07) is 5.62. The summed E-state index contributed by atoms with van der Waals surface area (Å²) >= 11 is 3.39. The second-order valence-electron chi connectivity index (χ2n) is 2.66. The van der Waals surface area contributed by atoms with Gasteiger partial charge in [-0.1, -0.05) is 12.1 Å².